The van der Waals surface area contributed by atoms with Gasteiger partial charge in [0.1, 0.15) is 11.6 Å². The lowest BCUT2D eigenvalue weighted by Gasteiger charge is -2.24. The molecule has 0 aliphatic carbocycles. The third-order valence-electron chi connectivity index (χ3n) is 4.14. The number of rotatable bonds is 3. The minimum absolute atomic E-state index is 0.429. The Hall–Kier alpha value is -1.55. The van der Waals surface area contributed by atoms with Gasteiger partial charge in [-0.1, -0.05) is 0 Å². The molecular formula is C16H23N3O. The Morgan fingerprint density at radius 3 is 2.70 bits per heavy atom. The molecule has 0 saturated carbocycles. The Balaban J connectivity index is 2.11. The molecule has 0 unspecified atom stereocenters. The molecule has 0 atom stereocenters. The van der Waals surface area contributed by atoms with Crippen LogP contribution >= 0.6 is 0 Å². The summed E-state index contributed by atoms with van der Waals surface area (Å²) in [5.74, 6) is 2.68. The Morgan fingerprint density at radius 1 is 1.30 bits per heavy atom. The van der Waals surface area contributed by atoms with E-state index < -0.39 is 0 Å². The Bertz CT molecular complexity index is 597. The molecule has 1 aliphatic heterocycles. The molecule has 1 saturated heterocycles. The van der Waals surface area contributed by atoms with E-state index in [9.17, 15) is 0 Å². The fraction of sp³-hybridized carbons (Fsp3) is 0.562. The zero-order valence-electron chi connectivity index (χ0n) is 12.5. The van der Waals surface area contributed by atoms with Crippen LogP contribution in [0.1, 0.15) is 44.5 Å². The number of aromatic nitrogens is 2. The van der Waals surface area contributed by atoms with Crippen LogP contribution in [0.15, 0.2) is 18.2 Å². The van der Waals surface area contributed by atoms with E-state index in [1.165, 1.54) is 24.2 Å². The lowest BCUT2D eigenvalue weighted by molar-refractivity contribution is 0.415. The van der Waals surface area contributed by atoms with Crippen molar-refractivity contribution in [2.75, 3.05) is 20.2 Å². The van der Waals surface area contributed by atoms with Crippen LogP contribution in [-0.4, -0.2) is 29.8 Å². The summed E-state index contributed by atoms with van der Waals surface area (Å²) in [4.78, 5) is 4.92. The number of nitrogens with zero attached hydrogens (tertiary/aromatic N) is 2. The first-order valence-corrected chi connectivity index (χ1v) is 7.47. The smallest absolute Gasteiger partial charge is 0.121 e. The van der Waals surface area contributed by atoms with Gasteiger partial charge in [-0.25, -0.2) is 4.98 Å². The van der Waals surface area contributed by atoms with Crippen LogP contribution in [0.25, 0.3) is 11.0 Å². The monoisotopic (exact) mass is 273 g/mol. The summed E-state index contributed by atoms with van der Waals surface area (Å²) in [5.41, 5.74) is 2.26. The fourth-order valence-electron chi connectivity index (χ4n) is 3.13. The summed E-state index contributed by atoms with van der Waals surface area (Å²) in [6, 6.07) is 6.62. The molecule has 1 aromatic carbocycles. The predicted octanol–water partition coefficient (Wildman–Crippen LogP) is 3.09. The summed E-state index contributed by atoms with van der Waals surface area (Å²) in [7, 11) is 1.70. The zero-order chi connectivity index (χ0) is 14.1. The predicted molar refractivity (Wildman–Crippen MR) is 81.5 cm³/mol. The summed E-state index contributed by atoms with van der Waals surface area (Å²) >= 11 is 0. The van der Waals surface area contributed by atoms with Crippen LogP contribution in [0.4, 0.5) is 0 Å². The van der Waals surface area contributed by atoms with Gasteiger partial charge in [0, 0.05) is 18.0 Å². The summed E-state index contributed by atoms with van der Waals surface area (Å²) in [6.45, 7) is 6.65. The standard InChI is InChI=1S/C16H23N3O/c1-11(2)19-15-5-4-13(20-3)10-14(15)18-16(19)12-6-8-17-9-7-12/h4-5,10-12,17H,6-9H2,1-3H3. The molecule has 0 bridgehead atoms. The van der Waals surface area contributed by atoms with Crippen molar-refractivity contribution in [2.45, 2.75) is 38.6 Å². The van der Waals surface area contributed by atoms with Gasteiger partial charge < -0.3 is 14.6 Å². The van der Waals surface area contributed by atoms with Crippen LogP contribution in [0.2, 0.25) is 0 Å². The first-order chi connectivity index (χ1) is 9.70. The highest BCUT2D eigenvalue weighted by molar-refractivity contribution is 5.78. The molecule has 2 heterocycles. The van der Waals surface area contributed by atoms with E-state index in [0.717, 1.165) is 24.4 Å². The minimum Gasteiger partial charge on any atom is -0.497 e. The van der Waals surface area contributed by atoms with Gasteiger partial charge in [-0.2, -0.15) is 0 Å². The molecule has 4 heteroatoms. The number of imidazole rings is 1. The molecule has 20 heavy (non-hydrogen) atoms. The van der Waals surface area contributed by atoms with Gasteiger partial charge >= 0.3 is 0 Å². The highest BCUT2D eigenvalue weighted by Crippen LogP contribution is 2.32. The van der Waals surface area contributed by atoms with Gasteiger partial charge in [0.25, 0.3) is 0 Å². The molecule has 4 nitrogen and oxygen atoms in total. The number of hydrogen-bond acceptors (Lipinski definition) is 3. The van der Waals surface area contributed by atoms with Crippen molar-refractivity contribution in [3.63, 3.8) is 0 Å². The quantitative estimate of drug-likeness (QED) is 0.934. The second-order valence-electron chi connectivity index (χ2n) is 5.81. The molecule has 1 aliphatic rings. The van der Waals surface area contributed by atoms with E-state index >= 15 is 0 Å². The van der Waals surface area contributed by atoms with E-state index in [1.807, 2.05) is 12.1 Å². The highest BCUT2D eigenvalue weighted by Gasteiger charge is 2.23. The fourth-order valence-corrected chi connectivity index (χ4v) is 3.13. The molecular weight excluding hydrogens is 250 g/mol. The lowest BCUT2D eigenvalue weighted by atomic mass is 9.97. The Morgan fingerprint density at radius 2 is 2.05 bits per heavy atom. The van der Waals surface area contributed by atoms with Gasteiger partial charge in [0.05, 0.1) is 18.1 Å². The van der Waals surface area contributed by atoms with Crippen molar-refractivity contribution in [1.29, 1.82) is 0 Å². The number of fused-ring (bicyclic) bond motifs is 1. The minimum atomic E-state index is 0.429. The number of hydrogen-bond donors (Lipinski definition) is 1. The summed E-state index contributed by atoms with van der Waals surface area (Å²) in [6.07, 6.45) is 2.35. The van der Waals surface area contributed by atoms with Gasteiger partial charge in [0.2, 0.25) is 0 Å². The number of nitrogens with one attached hydrogen (secondary N) is 1. The maximum Gasteiger partial charge on any atom is 0.121 e. The SMILES string of the molecule is COc1ccc2c(c1)nc(C1CCNCC1)n2C(C)C. The molecule has 0 radical (unpaired) electrons. The molecule has 1 aromatic heterocycles. The van der Waals surface area contributed by atoms with Gasteiger partial charge in [-0.3, -0.25) is 0 Å². The van der Waals surface area contributed by atoms with E-state index in [0.29, 0.717) is 12.0 Å². The largest absolute Gasteiger partial charge is 0.497 e. The normalized spacial score (nSPS) is 17.0. The van der Waals surface area contributed by atoms with Crippen molar-refractivity contribution < 1.29 is 4.74 Å². The van der Waals surface area contributed by atoms with Crippen molar-refractivity contribution >= 4 is 11.0 Å². The third kappa shape index (κ3) is 2.29. The van der Waals surface area contributed by atoms with Crippen molar-refractivity contribution in [1.82, 2.24) is 14.9 Å². The van der Waals surface area contributed by atoms with Crippen LogP contribution < -0.4 is 10.1 Å². The van der Waals surface area contributed by atoms with E-state index in [-0.39, 0.29) is 0 Å². The number of methoxy groups -OCH3 is 1. The molecule has 2 aromatic rings. The van der Waals surface area contributed by atoms with Crippen LogP contribution in [0.3, 0.4) is 0 Å². The van der Waals surface area contributed by atoms with Gasteiger partial charge in [-0.05, 0) is 51.9 Å². The van der Waals surface area contributed by atoms with Crippen molar-refractivity contribution in [2.24, 2.45) is 0 Å². The van der Waals surface area contributed by atoms with Crippen LogP contribution in [-0.2, 0) is 0 Å². The van der Waals surface area contributed by atoms with E-state index in [1.54, 1.807) is 7.11 Å². The zero-order valence-corrected chi connectivity index (χ0v) is 12.5. The number of benzene rings is 1. The molecule has 108 valence electrons. The summed E-state index contributed by atoms with van der Waals surface area (Å²) < 4.78 is 7.71. The van der Waals surface area contributed by atoms with Crippen molar-refractivity contribution in [3.05, 3.63) is 24.0 Å². The lowest BCUT2D eigenvalue weighted by Crippen LogP contribution is -2.28. The van der Waals surface area contributed by atoms with Crippen LogP contribution in [0.5, 0.6) is 5.75 Å². The molecule has 1 N–H and O–H groups in total. The second-order valence-corrected chi connectivity index (χ2v) is 5.81. The highest BCUT2D eigenvalue weighted by atomic mass is 16.5. The second kappa shape index (κ2) is 5.44. The third-order valence-corrected chi connectivity index (χ3v) is 4.14. The first-order valence-electron chi connectivity index (χ1n) is 7.47. The van der Waals surface area contributed by atoms with Gasteiger partial charge in [-0.15, -0.1) is 0 Å². The first kappa shape index (κ1) is 13.4. The average Bonchev–Trinajstić information content (AvgIpc) is 2.86. The maximum atomic E-state index is 5.32. The van der Waals surface area contributed by atoms with Crippen molar-refractivity contribution in [3.8, 4) is 5.75 Å². The molecule has 0 spiro atoms. The Kier molecular flexibility index (Phi) is 3.66. The van der Waals surface area contributed by atoms with E-state index in [2.05, 4.69) is 29.8 Å². The molecule has 1 fully saturated rings. The Labute approximate surface area is 120 Å². The number of ether oxygens (including phenoxy) is 1. The topological polar surface area (TPSA) is 39.1 Å². The van der Waals surface area contributed by atoms with E-state index in [4.69, 9.17) is 9.72 Å². The summed E-state index contributed by atoms with van der Waals surface area (Å²) in [5, 5.41) is 3.43. The number of piperidine rings is 1. The van der Waals surface area contributed by atoms with Crippen LogP contribution in [0, 0.1) is 0 Å². The molecule has 3 rings (SSSR count). The van der Waals surface area contributed by atoms with Gasteiger partial charge in [0.15, 0.2) is 0 Å². The average molecular weight is 273 g/mol. The molecule has 0 amide bonds. The maximum absolute atomic E-state index is 5.32.